The number of fused-ring (bicyclic) bond motifs is 1. The van der Waals surface area contributed by atoms with Gasteiger partial charge in [0, 0.05) is 5.57 Å². The van der Waals surface area contributed by atoms with Crippen LogP contribution >= 0.6 is 23.1 Å². The number of rotatable bonds is 5. The Morgan fingerprint density at radius 1 is 0.903 bits per heavy atom. The van der Waals surface area contributed by atoms with Crippen LogP contribution in [0.2, 0.25) is 0 Å². The molecule has 3 heterocycles. The van der Waals surface area contributed by atoms with Crippen LogP contribution in [0.5, 0.6) is 0 Å². The zero-order valence-electron chi connectivity index (χ0n) is 16.4. The van der Waals surface area contributed by atoms with Gasteiger partial charge in [-0.3, -0.25) is 14.5 Å². The fourth-order valence-corrected chi connectivity index (χ4v) is 5.91. The second-order valence-electron chi connectivity index (χ2n) is 7.23. The van der Waals surface area contributed by atoms with Gasteiger partial charge in [0.2, 0.25) is 0 Å². The highest BCUT2D eigenvalue weighted by molar-refractivity contribution is 8.00. The van der Waals surface area contributed by atoms with Gasteiger partial charge in [-0.15, -0.1) is 23.1 Å². The van der Waals surface area contributed by atoms with Crippen molar-refractivity contribution in [2.24, 2.45) is 0 Å². The maximum atomic E-state index is 13.5. The van der Waals surface area contributed by atoms with E-state index in [1.807, 2.05) is 53.9 Å². The number of carbonyl (C=O) groups is 3. The van der Waals surface area contributed by atoms with E-state index in [1.54, 1.807) is 30.3 Å². The third kappa shape index (κ3) is 3.60. The molecule has 7 heteroatoms. The fourth-order valence-electron chi connectivity index (χ4n) is 3.80. The minimum atomic E-state index is -0.492. The molecule has 2 aliphatic rings. The first-order valence-corrected chi connectivity index (χ1v) is 11.6. The van der Waals surface area contributed by atoms with Crippen molar-refractivity contribution in [3.63, 3.8) is 0 Å². The molecule has 0 radical (unpaired) electrons. The van der Waals surface area contributed by atoms with Crippen LogP contribution in [0.4, 0.5) is 10.5 Å². The normalized spacial score (nSPS) is 20.6. The molecule has 2 aliphatic heterocycles. The molecule has 31 heavy (non-hydrogen) atoms. The van der Waals surface area contributed by atoms with E-state index in [4.69, 9.17) is 0 Å². The lowest BCUT2D eigenvalue weighted by atomic mass is 10.1. The number of Topliss-reactive ketones (excluding diaryl/α,β-unsaturated/α-hetero) is 1. The molecule has 1 aromatic heterocycles. The minimum absolute atomic E-state index is 0.0620. The van der Waals surface area contributed by atoms with Gasteiger partial charge in [0.1, 0.15) is 5.37 Å². The zero-order chi connectivity index (χ0) is 21.4. The van der Waals surface area contributed by atoms with Crippen molar-refractivity contribution in [1.82, 2.24) is 4.90 Å². The fraction of sp³-hybridized carbons (Fsp3) is 0.125. The van der Waals surface area contributed by atoms with Crippen LogP contribution in [0.3, 0.4) is 0 Å². The molecule has 2 aromatic carbocycles. The maximum absolute atomic E-state index is 13.5. The number of carbonyl (C=O) groups excluding carboxylic acids is 3. The number of amides is 3. The van der Waals surface area contributed by atoms with Crippen LogP contribution in [0, 0.1) is 0 Å². The molecule has 0 N–H and O–H groups in total. The molecule has 2 unspecified atom stereocenters. The molecular weight excluding hydrogens is 428 g/mol. The molecule has 0 aliphatic carbocycles. The van der Waals surface area contributed by atoms with Crippen LogP contribution in [0.25, 0.3) is 0 Å². The summed E-state index contributed by atoms with van der Waals surface area (Å²) in [5, 5.41) is 1.29. The van der Waals surface area contributed by atoms with Gasteiger partial charge in [0.25, 0.3) is 5.91 Å². The second kappa shape index (κ2) is 8.17. The number of thiophene rings is 1. The molecule has 0 saturated carbocycles. The van der Waals surface area contributed by atoms with Crippen molar-refractivity contribution in [3.8, 4) is 0 Å². The van der Waals surface area contributed by atoms with E-state index in [-0.39, 0.29) is 23.5 Å². The Morgan fingerprint density at radius 3 is 2.29 bits per heavy atom. The van der Waals surface area contributed by atoms with E-state index < -0.39 is 11.4 Å². The van der Waals surface area contributed by atoms with Crippen LogP contribution in [-0.2, 0) is 4.79 Å². The van der Waals surface area contributed by atoms with Crippen molar-refractivity contribution in [3.05, 3.63) is 100 Å². The van der Waals surface area contributed by atoms with Gasteiger partial charge in [-0.1, -0.05) is 60.7 Å². The van der Waals surface area contributed by atoms with E-state index in [0.717, 1.165) is 5.56 Å². The first kappa shape index (κ1) is 19.8. The SMILES string of the molecule is O=C(CN1C(=O)N(c2ccccc2)C(=O)C2=CC(c3ccccc3)SC21)c1cccs1. The van der Waals surface area contributed by atoms with Gasteiger partial charge < -0.3 is 0 Å². The number of ketones is 1. The number of hydrogen-bond donors (Lipinski definition) is 0. The summed E-state index contributed by atoms with van der Waals surface area (Å²) in [6.45, 7) is -0.0769. The molecule has 1 fully saturated rings. The van der Waals surface area contributed by atoms with Crippen molar-refractivity contribution >= 4 is 46.5 Å². The lowest BCUT2D eigenvalue weighted by Crippen LogP contribution is -2.58. The van der Waals surface area contributed by atoms with Crippen molar-refractivity contribution in [1.29, 1.82) is 0 Å². The van der Waals surface area contributed by atoms with Crippen LogP contribution in [-0.4, -0.2) is 34.5 Å². The minimum Gasteiger partial charge on any atom is -0.300 e. The number of thioether (sulfide) groups is 1. The van der Waals surface area contributed by atoms with E-state index >= 15 is 0 Å². The van der Waals surface area contributed by atoms with Crippen molar-refractivity contribution in [2.75, 3.05) is 11.4 Å². The average Bonchev–Trinajstić information content (AvgIpc) is 3.49. The van der Waals surface area contributed by atoms with Gasteiger partial charge in [-0.2, -0.15) is 0 Å². The number of para-hydroxylation sites is 1. The summed E-state index contributed by atoms with van der Waals surface area (Å²) in [6.07, 6.45) is 1.93. The van der Waals surface area contributed by atoms with Crippen molar-refractivity contribution < 1.29 is 14.4 Å². The largest absolute Gasteiger partial charge is 0.333 e. The molecule has 5 rings (SSSR count). The van der Waals surface area contributed by atoms with Gasteiger partial charge in [0.15, 0.2) is 5.78 Å². The van der Waals surface area contributed by atoms with Gasteiger partial charge in [-0.25, -0.2) is 9.69 Å². The topological polar surface area (TPSA) is 57.7 Å². The molecule has 154 valence electrons. The van der Waals surface area contributed by atoms with E-state index in [2.05, 4.69) is 0 Å². The lowest BCUT2D eigenvalue weighted by Gasteiger charge is -2.39. The van der Waals surface area contributed by atoms with E-state index in [1.165, 1.54) is 32.9 Å². The Labute approximate surface area is 188 Å². The molecule has 5 nitrogen and oxygen atoms in total. The Bertz CT molecular complexity index is 1160. The zero-order valence-corrected chi connectivity index (χ0v) is 18.0. The number of hydrogen-bond acceptors (Lipinski definition) is 5. The molecule has 3 amide bonds. The number of nitrogens with zero attached hydrogens (tertiary/aromatic N) is 2. The van der Waals surface area contributed by atoms with E-state index in [0.29, 0.717) is 16.1 Å². The first-order valence-electron chi connectivity index (χ1n) is 9.82. The monoisotopic (exact) mass is 446 g/mol. The third-order valence-electron chi connectivity index (χ3n) is 5.30. The van der Waals surface area contributed by atoms with Gasteiger partial charge >= 0.3 is 6.03 Å². The Balaban J connectivity index is 1.53. The van der Waals surface area contributed by atoms with Gasteiger partial charge in [-0.05, 0) is 29.1 Å². The predicted octanol–water partition coefficient (Wildman–Crippen LogP) is 5.14. The summed E-state index contributed by atoms with van der Waals surface area (Å²) < 4.78 is 0. The van der Waals surface area contributed by atoms with E-state index in [9.17, 15) is 14.4 Å². The molecular formula is C24H18N2O3S2. The molecule has 0 spiro atoms. The van der Waals surface area contributed by atoms with Crippen LogP contribution in [0.15, 0.2) is 89.8 Å². The quantitative estimate of drug-likeness (QED) is 0.509. The smallest absolute Gasteiger partial charge is 0.300 e. The van der Waals surface area contributed by atoms with Crippen molar-refractivity contribution in [2.45, 2.75) is 10.6 Å². The lowest BCUT2D eigenvalue weighted by molar-refractivity contribution is -0.115. The summed E-state index contributed by atoms with van der Waals surface area (Å²) in [6, 6.07) is 21.8. The Hall–Kier alpha value is -3.16. The Kier molecular flexibility index (Phi) is 5.21. The highest BCUT2D eigenvalue weighted by Crippen LogP contribution is 2.48. The van der Waals surface area contributed by atoms with Crippen LogP contribution in [0.1, 0.15) is 20.5 Å². The summed E-state index contributed by atoms with van der Waals surface area (Å²) in [5.41, 5.74) is 2.10. The summed E-state index contributed by atoms with van der Waals surface area (Å²) in [7, 11) is 0. The first-order chi connectivity index (χ1) is 15.1. The standard InChI is InChI=1S/C24H18N2O3S2/c27-19(20-12-7-13-30-20)15-25-23-18(14-21(31-23)16-8-3-1-4-9-16)22(28)26(24(25)29)17-10-5-2-6-11-17/h1-14,21,23H,15H2. The average molecular weight is 447 g/mol. The third-order valence-corrected chi connectivity index (χ3v) is 7.67. The molecule has 1 saturated heterocycles. The molecule has 2 atom stereocenters. The highest BCUT2D eigenvalue weighted by Gasteiger charge is 2.48. The number of urea groups is 1. The summed E-state index contributed by atoms with van der Waals surface area (Å²) in [4.78, 5) is 43.0. The molecule has 3 aromatic rings. The maximum Gasteiger partial charge on any atom is 0.333 e. The summed E-state index contributed by atoms with van der Waals surface area (Å²) >= 11 is 2.87. The number of benzene rings is 2. The van der Waals surface area contributed by atoms with Crippen LogP contribution < -0.4 is 4.90 Å². The number of imide groups is 1. The highest BCUT2D eigenvalue weighted by atomic mass is 32.2. The molecule has 0 bridgehead atoms. The predicted molar refractivity (Wildman–Crippen MR) is 123 cm³/mol. The summed E-state index contributed by atoms with van der Waals surface area (Å²) in [5.74, 6) is -0.458. The number of anilines is 1. The van der Waals surface area contributed by atoms with Gasteiger partial charge in [0.05, 0.1) is 22.4 Å². The Morgan fingerprint density at radius 2 is 1.61 bits per heavy atom. The second-order valence-corrected chi connectivity index (χ2v) is 9.40.